The molecule has 0 atom stereocenters. The average molecular weight is 470 g/mol. The molecule has 0 aromatic heterocycles. The van der Waals surface area contributed by atoms with Gasteiger partial charge in [-0.3, -0.25) is 9.59 Å². The standard InChI is InChI=1S/C25H31N3O6/c1-31-21-13-17(14-22(32-2)24(21)33-3)25(30)26-18-7-8-20-19(15-18)28(23(29)16-34-20)12-11-27-9-5-4-6-10-27/h7-8,13-15H,4-6,9-12,16H2,1-3H3,(H,26,30). The van der Waals surface area contributed by atoms with Crippen LogP contribution in [0.3, 0.4) is 0 Å². The van der Waals surface area contributed by atoms with E-state index >= 15 is 0 Å². The number of amides is 2. The van der Waals surface area contributed by atoms with Gasteiger partial charge in [-0.05, 0) is 56.3 Å². The first-order chi connectivity index (χ1) is 16.5. The molecule has 34 heavy (non-hydrogen) atoms. The second-order valence-corrected chi connectivity index (χ2v) is 8.29. The minimum absolute atomic E-state index is 0.0180. The molecule has 0 saturated carbocycles. The van der Waals surface area contributed by atoms with Gasteiger partial charge < -0.3 is 34.1 Å². The summed E-state index contributed by atoms with van der Waals surface area (Å²) in [7, 11) is 4.50. The van der Waals surface area contributed by atoms with Gasteiger partial charge in [0.25, 0.3) is 11.8 Å². The lowest BCUT2D eigenvalue weighted by Crippen LogP contribution is -2.44. The number of fused-ring (bicyclic) bond motifs is 1. The Bertz CT molecular complexity index is 1030. The van der Waals surface area contributed by atoms with Crippen molar-refractivity contribution in [1.82, 2.24) is 4.90 Å². The maximum absolute atomic E-state index is 13.0. The number of carbonyl (C=O) groups excluding carboxylic acids is 2. The van der Waals surface area contributed by atoms with Gasteiger partial charge in [0.1, 0.15) is 5.75 Å². The molecule has 9 heteroatoms. The van der Waals surface area contributed by atoms with E-state index in [9.17, 15) is 9.59 Å². The maximum Gasteiger partial charge on any atom is 0.265 e. The van der Waals surface area contributed by atoms with E-state index in [0.29, 0.717) is 46.5 Å². The molecule has 2 aromatic rings. The number of ether oxygens (including phenoxy) is 4. The Morgan fingerprint density at radius 3 is 2.32 bits per heavy atom. The van der Waals surface area contributed by atoms with Crippen molar-refractivity contribution in [1.29, 1.82) is 0 Å². The van der Waals surface area contributed by atoms with Crippen LogP contribution < -0.4 is 29.2 Å². The fourth-order valence-electron chi connectivity index (χ4n) is 4.36. The van der Waals surface area contributed by atoms with Crippen LogP contribution in [0.15, 0.2) is 30.3 Å². The Hall–Kier alpha value is -3.46. The van der Waals surface area contributed by atoms with Gasteiger partial charge in [0.05, 0.1) is 27.0 Å². The van der Waals surface area contributed by atoms with Crippen molar-refractivity contribution in [2.75, 3.05) is 64.3 Å². The quantitative estimate of drug-likeness (QED) is 0.635. The van der Waals surface area contributed by atoms with Crippen LogP contribution >= 0.6 is 0 Å². The molecule has 2 aliphatic heterocycles. The van der Waals surface area contributed by atoms with Crippen molar-refractivity contribution in [3.63, 3.8) is 0 Å². The molecule has 0 bridgehead atoms. The second-order valence-electron chi connectivity index (χ2n) is 8.29. The zero-order valence-electron chi connectivity index (χ0n) is 19.9. The molecule has 0 radical (unpaired) electrons. The Balaban J connectivity index is 1.53. The number of likely N-dealkylation sites (tertiary alicyclic amines) is 1. The van der Waals surface area contributed by atoms with Crippen LogP contribution in [0, 0.1) is 0 Å². The molecule has 182 valence electrons. The minimum atomic E-state index is -0.345. The molecule has 2 aliphatic rings. The number of rotatable bonds is 8. The molecule has 2 heterocycles. The van der Waals surface area contributed by atoms with Crippen LogP contribution in [-0.4, -0.2) is 70.8 Å². The number of nitrogens with zero attached hydrogens (tertiary/aromatic N) is 2. The predicted molar refractivity (Wildman–Crippen MR) is 129 cm³/mol. The van der Waals surface area contributed by atoms with Crippen LogP contribution in [0.1, 0.15) is 29.6 Å². The Morgan fingerprint density at radius 1 is 0.971 bits per heavy atom. The van der Waals surface area contributed by atoms with Gasteiger partial charge in [-0.2, -0.15) is 0 Å². The highest BCUT2D eigenvalue weighted by Gasteiger charge is 2.27. The molecular weight excluding hydrogens is 438 g/mol. The van der Waals surface area contributed by atoms with Crippen molar-refractivity contribution in [3.05, 3.63) is 35.9 Å². The third kappa shape index (κ3) is 5.04. The molecule has 1 N–H and O–H groups in total. The van der Waals surface area contributed by atoms with Crippen molar-refractivity contribution < 1.29 is 28.5 Å². The summed E-state index contributed by atoms with van der Waals surface area (Å²) in [5, 5.41) is 2.89. The molecular formula is C25H31N3O6. The lowest BCUT2D eigenvalue weighted by molar-refractivity contribution is -0.121. The van der Waals surface area contributed by atoms with E-state index in [1.807, 2.05) is 0 Å². The van der Waals surface area contributed by atoms with Gasteiger partial charge in [0.15, 0.2) is 18.1 Å². The third-order valence-corrected chi connectivity index (χ3v) is 6.18. The fraction of sp³-hybridized carbons (Fsp3) is 0.440. The number of hydrogen-bond acceptors (Lipinski definition) is 7. The average Bonchev–Trinajstić information content (AvgIpc) is 2.87. The monoisotopic (exact) mass is 469 g/mol. The highest BCUT2D eigenvalue weighted by atomic mass is 16.5. The number of methoxy groups -OCH3 is 3. The van der Waals surface area contributed by atoms with Crippen molar-refractivity contribution in [3.8, 4) is 23.0 Å². The molecule has 2 amide bonds. The van der Waals surface area contributed by atoms with E-state index in [-0.39, 0.29) is 18.4 Å². The highest BCUT2D eigenvalue weighted by Crippen LogP contribution is 2.39. The summed E-state index contributed by atoms with van der Waals surface area (Å²) < 4.78 is 21.6. The second kappa shape index (κ2) is 10.6. The van der Waals surface area contributed by atoms with Crippen LogP contribution in [0.2, 0.25) is 0 Å². The number of anilines is 2. The molecule has 0 aliphatic carbocycles. The van der Waals surface area contributed by atoms with Crippen molar-refractivity contribution in [2.45, 2.75) is 19.3 Å². The summed E-state index contributed by atoms with van der Waals surface area (Å²) in [6, 6.07) is 8.49. The number of hydrogen-bond donors (Lipinski definition) is 1. The van der Waals surface area contributed by atoms with E-state index in [0.717, 1.165) is 19.6 Å². The van der Waals surface area contributed by atoms with Gasteiger partial charge >= 0.3 is 0 Å². The third-order valence-electron chi connectivity index (χ3n) is 6.18. The SMILES string of the molecule is COc1cc(C(=O)Nc2ccc3c(c2)N(CCN2CCCCC2)C(=O)CO3)cc(OC)c1OC. The molecule has 2 aromatic carbocycles. The normalized spacial score (nSPS) is 15.9. The van der Waals surface area contributed by atoms with E-state index in [2.05, 4.69) is 10.2 Å². The lowest BCUT2D eigenvalue weighted by Gasteiger charge is -2.33. The summed E-state index contributed by atoms with van der Waals surface area (Å²) in [6.07, 6.45) is 3.67. The predicted octanol–water partition coefficient (Wildman–Crippen LogP) is 3.18. The first-order valence-electron chi connectivity index (χ1n) is 11.4. The Labute approximate surface area is 199 Å². The number of benzene rings is 2. The van der Waals surface area contributed by atoms with E-state index in [4.69, 9.17) is 18.9 Å². The molecule has 9 nitrogen and oxygen atoms in total. The summed E-state index contributed by atoms with van der Waals surface area (Å²) in [6.45, 7) is 3.54. The van der Waals surface area contributed by atoms with Crippen LogP contribution in [-0.2, 0) is 4.79 Å². The van der Waals surface area contributed by atoms with Gasteiger partial charge in [-0.15, -0.1) is 0 Å². The number of piperidine rings is 1. The first-order valence-corrected chi connectivity index (χ1v) is 11.4. The minimum Gasteiger partial charge on any atom is -0.493 e. The lowest BCUT2D eigenvalue weighted by atomic mass is 10.1. The summed E-state index contributed by atoms with van der Waals surface area (Å²) in [5.41, 5.74) is 1.57. The molecule has 1 fully saturated rings. The summed E-state index contributed by atoms with van der Waals surface area (Å²) >= 11 is 0. The van der Waals surface area contributed by atoms with Gasteiger partial charge in [0.2, 0.25) is 5.75 Å². The highest BCUT2D eigenvalue weighted by molar-refractivity contribution is 6.06. The summed E-state index contributed by atoms with van der Waals surface area (Å²) in [4.78, 5) is 29.8. The topological polar surface area (TPSA) is 89.6 Å². The van der Waals surface area contributed by atoms with Gasteiger partial charge in [0, 0.05) is 24.3 Å². The molecule has 1 saturated heterocycles. The summed E-state index contributed by atoms with van der Waals surface area (Å²) in [5.74, 6) is 1.39. The first kappa shape index (κ1) is 23.7. The van der Waals surface area contributed by atoms with E-state index in [1.54, 1.807) is 35.2 Å². The number of nitrogens with one attached hydrogen (secondary N) is 1. The van der Waals surface area contributed by atoms with Crippen LogP contribution in [0.4, 0.5) is 11.4 Å². The van der Waals surface area contributed by atoms with E-state index in [1.165, 1.54) is 40.6 Å². The Morgan fingerprint density at radius 2 is 1.68 bits per heavy atom. The van der Waals surface area contributed by atoms with Crippen molar-refractivity contribution >= 4 is 23.2 Å². The molecule has 0 spiro atoms. The Kier molecular flexibility index (Phi) is 7.42. The van der Waals surface area contributed by atoms with Crippen LogP contribution in [0.5, 0.6) is 23.0 Å². The molecule has 4 rings (SSSR count). The fourth-order valence-corrected chi connectivity index (χ4v) is 4.36. The molecule has 0 unspecified atom stereocenters. The zero-order chi connectivity index (χ0) is 24.1. The van der Waals surface area contributed by atoms with Gasteiger partial charge in [-0.1, -0.05) is 6.42 Å². The smallest absolute Gasteiger partial charge is 0.265 e. The largest absolute Gasteiger partial charge is 0.493 e. The van der Waals surface area contributed by atoms with E-state index < -0.39 is 0 Å². The van der Waals surface area contributed by atoms with Crippen molar-refractivity contribution in [2.24, 2.45) is 0 Å². The van der Waals surface area contributed by atoms with Crippen LogP contribution in [0.25, 0.3) is 0 Å². The zero-order valence-corrected chi connectivity index (χ0v) is 19.9. The van der Waals surface area contributed by atoms with Gasteiger partial charge in [-0.25, -0.2) is 0 Å². The number of carbonyl (C=O) groups is 2. The maximum atomic E-state index is 13.0.